The molecule has 3 rings (SSSR count). The van der Waals surface area contributed by atoms with Crippen LogP contribution in [0, 0.1) is 6.92 Å². The van der Waals surface area contributed by atoms with Gasteiger partial charge in [-0.15, -0.1) is 0 Å². The number of hydrogen-bond donors (Lipinski definition) is 0. The van der Waals surface area contributed by atoms with Gasteiger partial charge < -0.3 is 4.74 Å². The van der Waals surface area contributed by atoms with Gasteiger partial charge in [0, 0.05) is 0 Å². The average molecular weight is 336 g/mol. The maximum Gasteiger partial charge on any atom is 0.261 e. The van der Waals surface area contributed by atoms with Crippen LogP contribution in [0.15, 0.2) is 53.6 Å². The van der Waals surface area contributed by atoms with Crippen molar-refractivity contribution in [1.29, 1.82) is 0 Å². The van der Waals surface area contributed by atoms with E-state index in [2.05, 4.69) is 50.9 Å². The Kier molecular flexibility index (Phi) is 4.62. The summed E-state index contributed by atoms with van der Waals surface area (Å²) in [5.41, 5.74) is 3.02. The molecule has 0 aliphatic heterocycles. The highest BCUT2D eigenvalue weighted by molar-refractivity contribution is 5.76. The van der Waals surface area contributed by atoms with Crippen LogP contribution in [0.5, 0.6) is 5.75 Å². The first kappa shape index (κ1) is 17.2. The summed E-state index contributed by atoms with van der Waals surface area (Å²) in [4.78, 5) is 16.9. The summed E-state index contributed by atoms with van der Waals surface area (Å²) in [6, 6.07) is 13.7. The SMILES string of the molecule is Cc1ccc(C(C)(C)C)c(OCCn2cnc3ccccc3c2=O)c1. The molecular formula is C21H24N2O2. The minimum Gasteiger partial charge on any atom is -0.491 e. The van der Waals surface area contributed by atoms with Crippen molar-refractivity contribution in [2.24, 2.45) is 0 Å². The zero-order valence-electron chi connectivity index (χ0n) is 15.2. The van der Waals surface area contributed by atoms with Gasteiger partial charge in [-0.2, -0.15) is 0 Å². The molecule has 4 nitrogen and oxygen atoms in total. The highest BCUT2D eigenvalue weighted by Gasteiger charge is 2.19. The quantitative estimate of drug-likeness (QED) is 0.721. The molecule has 25 heavy (non-hydrogen) atoms. The van der Waals surface area contributed by atoms with Crippen molar-refractivity contribution in [1.82, 2.24) is 9.55 Å². The lowest BCUT2D eigenvalue weighted by atomic mass is 9.86. The van der Waals surface area contributed by atoms with Crippen LogP contribution in [-0.4, -0.2) is 16.2 Å². The van der Waals surface area contributed by atoms with E-state index < -0.39 is 0 Å². The number of aryl methyl sites for hydroxylation is 1. The number of benzene rings is 2. The molecule has 3 aromatic rings. The molecule has 0 aliphatic rings. The first-order valence-electron chi connectivity index (χ1n) is 8.54. The van der Waals surface area contributed by atoms with E-state index in [0.717, 1.165) is 16.8 Å². The Bertz CT molecular complexity index is 952. The van der Waals surface area contributed by atoms with Crippen LogP contribution in [0.25, 0.3) is 10.9 Å². The molecule has 0 radical (unpaired) electrons. The lowest BCUT2D eigenvalue weighted by Crippen LogP contribution is -2.24. The van der Waals surface area contributed by atoms with Crippen LogP contribution in [0.3, 0.4) is 0 Å². The number of ether oxygens (including phenoxy) is 1. The van der Waals surface area contributed by atoms with Crippen LogP contribution in [0.2, 0.25) is 0 Å². The summed E-state index contributed by atoms with van der Waals surface area (Å²) in [5.74, 6) is 0.884. The highest BCUT2D eigenvalue weighted by Crippen LogP contribution is 2.32. The van der Waals surface area contributed by atoms with Crippen LogP contribution < -0.4 is 10.3 Å². The Morgan fingerprint density at radius 1 is 1.12 bits per heavy atom. The number of fused-ring (bicyclic) bond motifs is 1. The topological polar surface area (TPSA) is 44.1 Å². The molecule has 0 fully saturated rings. The molecule has 1 heterocycles. The summed E-state index contributed by atoms with van der Waals surface area (Å²) >= 11 is 0. The number of hydrogen-bond acceptors (Lipinski definition) is 3. The van der Waals surface area contributed by atoms with Crippen molar-refractivity contribution < 1.29 is 4.74 Å². The molecule has 0 atom stereocenters. The fourth-order valence-corrected chi connectivity index (χ4v) is 2.89. The van der Waals surface area contributed by atoms with Gasteiger partial charge in [-0.25, -0.2) is 4.98 Å². The molecule has 0 N–H and O–H groups in total. The Morgan fingerprint density at radius 3 is 2.64 bits per heavy atom. The van der Waals surface area contributed by atoms with Gasteiger partial charge in [-0.3, -0.25) is 9.36 Å². The molecule has 0 spiro atoms. The first-order chi connectivity index (χ1) is 11.9. The molecule has 0 unspecified atom stereocenters. The molecule has 0 aliphatic carbocycles. The van der Waals surface area contributed by atoms with Gasteiger partial charge in [0.1, 0.15) is 12.4 Å². The fourth-order valence-electron chi connectivity index (χ4n) is 2.89. The van der Waals surface area contributed by atoms with Crippen molar-refractivity contribution in [2.45, 2.75) is 39.7 Å². The van der Waals surface area contributed by atoms with Crippen LogP contribution in [0.1, 0.15) is 31.9 Å². The van der Waals surface area contributed by atoms with E-state index in [1.54, 1.807) is 17.0 Å². The van der Waals surface area contributed by atoms with Gasteiger partial charge in [-0.05, 0) is 41.7 Å². The van der Waals surface area contributed by atoms with Crippen molar-refractivity contribution in [3.8, 4) is 5.75 Å². The average Bonchev–Trinajstić information content (AvgIpc) is 2.56. The molecule has 4 heteroatoms. The van der Waals surface area contributed by atoms with E-state index >= 15 is 0 Å². The van der Waals surface area contributed by atoms with Crippen molar-refractivity contribution in [2.75, 3.05) is 6.61 Å². The van der Waals surface area contributed by atoms with Crippen LogP contribution in [0.4, 0.5) is 0 Å². The summed E-state index contributed by atoms with van der Waals surface area (Å²) in [6.07, 6.45) is 1.59. The predicted molar refractivity (Wildman–Crippen MR) is 101 cm³/mol. The van der Waals surface area contributed by atoms with Gasteiger partial charge in [0.2, 0.25) is 0 Å². The Hall–Kier alpha value is -2.62. The van der Waals surface area contributed by atoms with Crippen LogP contribution >= 0.6 is 0 Å². The van der Waals surface area contributed by atoms with Gasteiger partial charge in [-0.1, -0.05) is 45.0 Å². The molecule has 0 amide bonds. The first-order valence-corrected chi connectivity index (χ1v) is 8.54. The number of aromatic nitrogens is 2. The minimum absolute atomic E-state index is 0.00434. The molecule has 2 aromatic carbocycles. The van der Waals surface area contributed by atoms with Crippen molar-refractivity contribution in [3.05, 3.63) is 70.3 Å². The number of para-hydroxylation sites is 1. The van der Waals surface area contributed by atoms with Crippen LogP contribution in [-0.2, 0) is 12.0 Å². The third-order valence-corrected chi connectivity index (χ3v) is 4.27. The van der Waals surface area contributed by atoms with E-state index in [9.17, 15) is 4.79 Å². The Morgan fingerprint density at radius 2 is 1.88 bits per heavy atom. The molecular weight excluding hydrogens is 312 g/mol. The lowest BCUT2D eigenvalue weighted by molar-refractivity contribution is 0.288. The van der Waals surface area contributed by atoms with E-state index in [1.165, 1.54) is 5.56 Å². The second-order valence-electron chi connectivity index (χ2n) is 7.36. The maximum absolute atomic E-state index is 12.5. The standard InChI is InChI=1S/C21H24N2O2/c1-15-9-10-17(21(2,3)4)19(13-15)25-12-11-23-14-22-18-8-6-5-7-16(18)20(23)24/h5-10,13-14H,11-12H2,1-4H3. The largest absolute Gasteiger partial charge is 0.491 e. The summed E-state index contributed by atoms with van der Waals surface area (Å²) in [6.45, 7) is 9.45. The van der Waals surface area contributed by atoms with E-state index in [1.807, 2.05) is 18.2 Å². The zero-order valence-corrected chi connectivity index (χ0v) is 15.2. The summed E-state index contributed by atoms with van der Waals surface area (Å²) < 4.78 is 7.63. The highest BCUT2D eigenvalue weighted by atomic mass is 16.5. The smallest absolute Gasteiger partial charge is 0.261 e. The lowest BCUT2D eigenvalue weighted by Gasteiger charge is -2.23. The fraction of sp³-hybridized carbons (Fsp3) is 0.333. The Labute approximate surface area is 148 Å². The normalized spacial score (nSPS) is 11.7. The third kappa shape index (κ3) is 3.73. The summed E-state index contributed by atoms with van der Waals surface area (Å²) in [7, 11) is 0. The monoisotopic (exact) mass is 336 g/mol. The zero-order chi connectivity index (χ0) is 18.0. The minimum atomic E-state index is -0.0329. The van der Waals surface area contributed by atoms with Gasteiger partial charge in [0.15, 0.2) is 0 Å². The van der Waals surface area contributed by atoms with Gasteiger partial charge in [0.25, 0.3) is 5.56 Å². The molecule has 0 saturated carbocycles. The van der Waals surface area contributed by atoms with Crippen molar-refractivity contribution >= 4 is 10.9 Å². The second kappa shape index (κ2) is 6.71. The maximum atomic E-state index is 12.5. The predicted octanol–water partition coefficient (Wildman–Crippen LogP) is 4.08. The molecule has 130 valence electrons. The Balaban J connectivity index is 1.79. The van der Waals surface area contributed by atoms with E-state index in [-0.39, 0.29) is 11.0 Å². The molecule has 0 saturated heterocycles. The third-order valence-electron chi connectivity index (χ3n) is 4.27. The summed E-state index contributed by atoms with van der Waals surface area (Å²) in [5, 5.41) is 0.635. The van der Waals surface area contributed by atoms with Gasteiger partial charge >= 0.3 is 0 Å². The van der Waals surface area contributed by atoms with E-state index in [4.69, 9.17) is 4.74 Å². The molecule has 1 aromatic heterocycles. The second-order valence-corrected chi connectivity index (χ2v) is 7.36. The van der Waals surface area contributed by atoms with Crippen molar-refractivity contribution in [3.63, 3.8) is 0 Å². The number of nitrogens with zero attached hydrogens (tertiary/aromatic N) is 2. The number of rotatable bonds is 4. The van der Waals surface area contributed by atoms with E-state index in [0.29, 0.717) is 18.5 Å². The molecule has 0 bridgehead atoms. The van der Waals surface area contributed by atoms with Gasteiger partial charge in [0.05, 0.1) is 23.8 Å².